The second-order valence-electron chi connectivity index (χ2n) is 2.74. The van der Waals surface area contributed by atoms with E-state index in [1.54, 1.807) is 0 Å². The number of allylic oxidation sites excluding steroid dienone is 1. The zero-order valence-corrected chi connectivity index (χ0v) is 8.77. The molecule has 0 saturated heterocycles. The molecule has 0 spiro atoms. The fourth-order valence-electron chi connectivity index (χ4n) is 0.485. The predicted molar refractivity (Wildman–Crippen MR) is 44.5 cm³/mol. The summed E-state index contributed by atoms with van der Waals surface area (Å²) in [7, 11) is 0.830. The van der Waals surface area contributed by atoms with Crippen LogP contribution in [0, 0.1) is 0 Å². The highest BCUT2D eigenvalue weighted by molar-refractivity contribution is 5.98. The molecule has 9 heavy (non-hydrogen) atoms. The monoisotopic (exact) mass is 144 g/mol. The van der Waals surface area contributed by atoms with Crippen molar-refractivity contribution in [2.75, 3.05) is 0 Å². The van der Waals surface area contributed by atoms with Crippen LogP contribution < -0.4 is 0 Å². The lowest BCUT2D eigenvalue weighted by Gasteiger charge is -2.21. The first-order valence-electron chi connectivity index (χ1n) is 3.28. The average molecular weight is 144 g/mol. The maximum Gasteiger partial charge on any atom is 0.146 e. The van der Waals surface area contributed by atoms with E-state index in [4.69, 9.17) is 4.43 Å². The summed E-state index contributed by atoms with van der Waals surface area (Å²) in [6, 6.07) is 0. The first-order valence-corrected chi connectivity index (χ1v) is 4.10. The summed E-state index contributed by atoms with van der Waals surface area (Å²) >= 11 is 0. The van der Waals surface area contributed by atoms with Gasteiger partial charge in [0.05, 0.1) is 5.60 Å². The fraction of sp³-hybridized carbons (Fsp3) is 0.714. The van der Waals surface area contributed by atoms with Gasteiger partial charge in [-0.05, 0) is 27.2 Å². The van der Waals surface area contributed by atoms with Crippen LogP contribution in [0.5, 0.6) is 0 Å². The Morgan fingerprint density at radius 3 is 2.44 bits per heavy atom. The lowest BCUT2D eigenvalue weighted by Crippen LogP contribution is -2.21. The van der Waals surface area contributed by atoms with E-state index in [-0.39, 0.29) is 5.60 Å². The molecule has 0 unspecified atom stereocenters. The molecule has 0 aromatic rings. The van der Waals surface area contributed by atoms with Gasteiger partial charge < -0.3 is 4.43 Å². The van der Waals surface area contributed by atoms with E-state index < -0.39 is 0 Å². The summed E-state index contributed by atoms with van der Waals surface area (Å²) in [4.78, 5) is 0. The van der Waals surface area contributed by atoms with Crippen LogP contribution in [0.15, 0.2) is 12.2 Å². The number of hydrogen-bond donors (Lipinski definition) is 0. The number of hydrogen-bond acceptors (Lipinski definition) is 1. The molecule has 0 aliphatic rings. The minimum Gasteiger partial charge on any atom is -0.423 e. The van der Waals surface area contributed by atoms with Crippen molar-refractivity contribution in [3.05, 3.63) is 12.2 Å². The van der Waals surface area contributed by atoms with Crippen molar-refractivity contribution in [2.24, 2.45) is 0 Å². The Balaban J connectivity index is 3.58. The highest BCUT2D eigenvalue weighted by atomic mass is 28.2. The van der Waals surface area contributed by atoms with Crippen molar-refractivity contribution < 1.29 is 4.43 Å². The van der Waals surface area contributed by atoms with Crippen molar-refractivity contribution in [2.45, 2.75) is 32.8 Å². The Hall–Kier alpha value is -0.0831. The van der Waals surface area contributed by atoms with E-state index in [9.17, 15) is 0 Å². The molecule has 0 aromatic heterocycles. The standard InChI is InChI=1S/C7H16OSi/c1-4-5-6-7(2,3)8-9/h4-5H,6H2,1-3,9H3. The molecule has 0 saturated carbocycles. The van der Waals surface area contributed by atoms with Crippen LogP contribution in [-0.2, 0) is 4.43 Å². The van der Waals surface area contributed by atoms with Crippen molar-refractivity contribution >= 4 is 10.5 Å². The summed E-state index contributed by atoms with van der Waals surface area (Å²) < 4.78 is 5.33. The van der Waals surface area contributed by atoms with E-state index in [2.05, 4.69) is 26.0 Å². The van der Waals surface area contributed by atoms with Crippen molar-refractivity contribution in [3.63, 3.8) is 0 Å². The molecule has 54 valence electrons. The molecule has 0 rings (SSSR count). The van der Waals surface area contributed by atoms with Gasteiger partial charge >= 0.3 is 0 Å². The third kappa shape index (κ3) is 4.42. The topological polar surface area (TPSA) is 9.23 Å². The van der Waals surface area contributed by atoms with Crippen LogP contribution in [0.25, 0.3) is 0 Å². The smallest absolute Gasteiger partial charge is 0.146 e. The molecule has 0 fully saturated rings. The Bertz CT molecular complexity index is 97.1. The highest BCUT2D eigenvalue weighted by Crippen LogP contribution is 2.12. The zero-order chi connectivity index (χ0) is 7.33. The minimum atomic E-state index is 0.0682. The zero-order valence-electron chi connectivity index (χ0n) is 6.77. The molecule has 0 heterocycles. The third-order valence-corrected chi connectivity index (χ3v) is 2.50. The molecule has 0 aromatic carbocycles. The third-order valence-electron chi connectivity index (χ3n) is 1.40. The van der Waals surface area contributed by atoms with Crippen molar-refractivity contribution in [3.8, 4) is 0 Å². The first kappa shape index (κ1) is 8.92. The molecule has 0 aliphatic heterocycles. The van der Waals surface area contributed by atoms with Crippen LogP contribution >= 0.6 is 0 Å². The van der Waals surface area contributed by atoms with Crippen LogP contribution in [-0.4, -0.2) is 16.1 Å². The Morgan fingerprint density at radius 1 is 1.56 bits per heavy atom. The summed E-state index contributed by atoms with van der Waals surface area (Å²) in [6.07, 6.45) is 5.22. The normalized spacial score (nSPS) is 13.2. The molecule has 0 N–H and O–H groups in total. The van der Waals surface area contributed by atoms with E-state index >= 15 is 0 Å². The van der Waals surface area contributed by atoms with E-state index in [1.807, 2.05) is 6.92 Å². The second kappa shape index (κ2) is 3.85. The lowest BCUT2D eigenvalue weighted by molar-refractivity contribution is 0.127. The second-order valence-corrected chi connectivity index (χ2v) is 3.15. The van der Waals surface area contributed by atoms with E-state index in [1.165, 1.54) is 0 Å². The summed E-state index contributed by atoms with van der Waals surface area (Å²) in [5.74, 6) is 0. The van der Waals surface area contributed by atoms with Gasteiger partial charge in [0.25, 0.3) is 0 Å². The quantitative estimate of drug-likeness (QED) is 0.424. The van der Waals surface area contributed by atoms with Gasteiger partial charge in [-0.25, -0.2) is 0 Å². The van der Waals surface area contributed by atoms with Crippen molar-refractivity contribution in [1.82, 2.24) is 0 Å². The molecule has 0 radical (unpaired) electrons. The van der Waals surface area contributed by atoms with Gasteiger partial charge in [-0.1, -0.05) is 12.2 Å². The predicted octanol–water partition coefficient (Wildman–Crippen LogP) is 1.03. The molecular weight excluding hydrogens is 128 g/mol. The largest absolute Gasteiger partial charge is 0.423 e. The minimum absolute atomic E-state index is 0.0682. The van der Waals surface area contributed by atoms with Crippen LogP contribution in [0.1, 0.15) is 27.2 Å². The Kier molecular flexibility index (Phi) is 3.82. The molecule has 0 aliphatic carbocycles. The molecule has 0 amide bonds. The van der Waals surface area contributed by atoms with Gasteiger partial charge in [0.1, 0.15) is 10.5 Å². The van der Waals surface area contributed by atoms with E-state index in [0.717, 1.165) is 16.9 Å². The first-order chi connectivity index (χ1) is 4.12. The maximum atomic E-state index is 5.33. The molecule has 0 bridgehead atoms. The summed E-state index contributed by atoms with van der Waals surface area (Å²) in [5.41, 5.74) is 0.0682. The average Bonchev–Trinajstić information content (AvgIpc) is 1.84. The van der Waals surface area contributed by atoms with Crippen LogP contribution in [0.4, 0.5) is 0 Å². The fourth-order valence-corrected chi connectivity index (χ4v) is 0.652. The Labute approximate surface area is 60.6 Å². The van der Waals surface area contributed by atoms with Gasteiger partial charge in [-0.3, -0.25) is 0 Å². The van der Waals surface area contributed by atoms with Crippen molar-refractivity contribution in [1.29, 1.82) is 0 Å². The van der Waals surface area contributed by atoms with Crippen LogP contribution in [0.2, 0.25) is 0 Å². The molecular formula is C7H16OSi. The summed E-state index contributed by atoms with van der Waals surface area (Å²) in [5, 5.41) is 0. The SMILES string of the molecule is CC=CCC(C)(C)O[SiH3]. The number of rotatable bonds is 3. The maximum absolute atomic E-state index is 5.33. The lowest BCUT2D eigenvalue weighted by atomic mass is 10.1. The highest BCUT2D eigenvalue weighted by Gasteiger charge is 2.11. The Morgan fingerprint density at radius 2 is 2.11 bits per heavy atom. The van der Waals surface area contributed by atoms with Gasteiger partial charge in [0.15, 0.2) is 0 Å². The molecule has 2 heteroatoms. The van der Waals surface area contributed by atoms with E-state index in [0.29, 0.717) is 0 Å². The molecule has 1 nitrogen and oxygen atoms in total. The van der Waals surface area contributed by atoms with Gasteiger partial charge in [0, 0.05) is 0 Å². The van der Waals surface area contributed by atoms with Gasteiger partial charge in [-0.15, -0.1) is 0 Å². The summed E-state index contributed by atoms with van der Waals surface area (Å²) in [6.45, 7) is 6.25. The van der Waals surface area contributed by atoms with Crippen LogP contribution in [0.3, 0.4) is 0 Å². The van der Waals surface area contributed by atoms with Gasteiger partial charge in [-0.2, -0.15) is 0 Å². The van der Waals surface area contributed by atoms with Gasteiger partial charge in [0.2, 0.25) is 0 Å². The molecule has 0 atom stereocenters.